The van der Waals surface area contributed by atoms with Crippen LogP contribution in [0.5, 0.6) is 0 Å². The fourth-order valence-corrected chi connectivity index (χ4v) is 0.822. The molecule has 1 fully saturated rings. The summed E-state index contributed by atoms with van der Waals surface area (Å²) in [5.74, 6) is 0. The predicted molar refractivity (Wildman–Crippen MR) is 31.6 cm³/mol. The molecule has 1 heterocycles. The summed E-state index contributed by atoms with van der Waals surface area (Å²) >= 11 is 4.07. The molecule has 3 N–H and O–H groups in total. The van der Waals surface area contributed by atoms with Crippen LogP contribution in [0.25, 0.3) is 0 Å². The fraction of sp³-hybridized carbons (Fsp3) is 1.00. The third-order valence-electron chi connectivity index (χ3n) is 0.844. The number of thiol groups is 1. The highest BCUT2D eigenvalue weighted by Crippen LogP contribution is 1.89. The highest BCUT2D eigenvalue weighted by atomic mass is 32.1. The summed E-state index contributed by atoms with van der Waals surface area (Å²) in [5.41, 5.74) is 5.91. The molecule has 7 heavy (non-hydrogen) atoms. The van der Waals surface area contributed by atoms with Gasteiger partial charge < -0.3 is 0 Å². The van der Waals surface area contributed by atoms with Crippen molar-refractivity contribution in [2.45, 2.75) is 18.6 Å². The van der Waals surface area contributed by atoms with Gasteiger partial charge in [-0.15, -0.1) is 12.6 Å². The number of hydrogen-bond acceptors (Lipinski definition) is 4. The summed E-state index contributed by atoms with van der Waals surface area (Å²) < 4.78 is 0. The van der Waals surface area contributed by atoms with Crippen LogP contribution >= 0.6 is 12.6 Å². The lowest BCUT2D eigenvalue weighted by Crippen LogP contribution is -2.30. The van der Waals surface area contributed by atoms with Gasteiger partial charge in [0.2, 0.25) is 0 Å². The maximum atomic E-state index is 4.07. The van der Waals surface area contributed by atoms with Crippen LogP contribution in [0.4, 0.5) is 0 Å². The van der Waals surface area contributed by atoms with E-state index in [0.717, 1.165) is 0 Å². The minimum absolute atomic E-state index is 0.106. The minimum Gasteiger partial charge on any atom is -0.276 e. The van der Waals surface area contributed by atoms with Gasteiger partial charge in [-0.05, 0) is 6.92 Å². The second kappa shape index (κ2) is 2.00. The molecule has 0 amide bonds. The fourth-order valence-electron chi connectivity index (χ4n) is 0.524. The average molecular weight is 119 g/mol. The van der Waals surface area contributed by atoms with Crippen molar-refractivity contribution in [3.8, 4) is 0 Å². The van der Waals surface area contributed by atoms with Crippen molar-refractivity contribution in [2.75, 3.05) is 0 Å². The second-order valence-corrected chi connectivity index (χ2v) is 2.10. The molecule has 42 valence electrons. The van der Waals surface area contributed by atoms with Gasteiger partial charge in [-0.3, -0.25) is 5.32 Å². The molecule has 0 aromatic carbocycles. The Hall–Kier alpha value is 0.230. The molecule has 0 aromatic heterocycles. The highest BCUT2D eigenvalue weighted by Gasteiger charge is 2.12. The first-order valence-corrected chi connectivity index (χ1v) is 2.76. The van der Waals surface area contributed by atoms with Crippen LogP contribution < -0.4 is 16.2 Å². The van der Waals surface area contributed by atoms with Gasteiger partial charge in [0.15, 0.2) is 0 Å². The van der Waals surface area contributed by atoms with Crippen LogP contribution in [0.3, 0.4) is 0 Å². The molecule has 2 unspecified atom stereocenters. The molecule has 1 aliphatic heterocycles. The molecular formula is C3H9N3S. The van der Waals surface area contributed by atoms with Gasteiger partial charge in [-0.2, -0.15) is 0 Å². The van der Waals surface area contributed by atoms with Crippen molar-refractivity contribution >= 4 is 12.6 Å². The quantitative estimate of drug-likeness (QED) is 0.317. The van der Waals surface area contributed by atoms with E-state index in [0.29, 0.717) is 6.17 Å². The van der Waals surface area contributed by atoms with Crippen LogP contribution in [0.2, 0.25) is 0 Å². The molecule has 0 aromatic rings. The van der Waals surface area contributed by atoms with Gasteiger partial charge >= 0.3 is 0 Å². The number of hydrogen-bond donors (Lipinski definition) is 4. The third kappa shape index (κ3) is 1.31. The van der Waals surface area contributed by atoms with Crippen LogP contribution in [0.15, 0.2) is 0 Å². The van der Waals surface area contributed by atoms with E-state index in [1.54, 1.807) is 0 Å². The summed E-state index contributed by atoms with van der Waals surface area (Å²) in [6.45, 7) is 2.02. The Bertz CT molecular complexity index is 59.2. The lowest BCUT2D eigenvalue weighted by Gasteiger charge is -1.98. The van der Waals surface area contributed by atoms with Crippen LogP contribution in [0, 0.1) is 0 Å². The van der Waals surface area contributed by atoms with E-state index < -0.39 is 0 Å². The van der Waals surface area contributed by atoms with E-state index in [1.807, 2.05) is 6.92 Å². The molecule has 1 saturated heterocycles. The molecule has 0 saturated carbocycles. The monoisotopic (exact) mass is 119 g/mol. The van der Waals surface area contributed by atoms with E-state index in [4.69, 9.17) is 0 Å². The van der Waals surface area contributed by atoms with Crippen molar-refractivity contribution in [3.63, 3.8) is 0 Å². The second-order valence-electron chi connectivity index (χ2n) is 1.58. The van der Waals surface area contributed by atoms with E-state index in [2.05, 4.69) is 28.8 Å². The van der Waals surface area contributed by atoms with Gasteiger partial charge in [0.05, 0.1) is 6.17 Å². The molecule has 1 aliphatic rings. The summed E-state index contributed by atoms with van der Waals surface area (Å²) in [6.07, 6.45) is 0.336. The van der Waals surface area contributed by atoms with Crippen molar-refractivity contribution in [3.05, 3.63) is 0 Å². The zero-order valence-corrected chi connectivity index (χ0v) is 5.00. The standard InChI is InChI=1S/C3H9N3S/c1-2-4-3(7)6-5-2/h2-7H,1H3. The molecule has 0 bridgehead atoms. The summed E-state index contributed by atoms with van der Waals surface area (Å²) in [5, 5.41) is 3.06. The van der Waals surface area contributed by atoms with Gasteiger partial charge in [0, 0.05) is 0 Å². The van der Waals surface area contributed by atoms with E-state index >= 15 is 0 Å². The first-order chi connectivity index (χ1) is 3.29. The van der Waals surface area contributed by atoms with Gasteiger partial charge in [0.25, 0.3) is 0 Å². The average Bonchev–Trinajstić information content (AvgIpc) is 1.87. The van der Waals surface area contributed by atoms with Gasteiger partial charge in [-0.1, -0.05) is 0 Å². The van der Waals surface area contributed by atoms with Crippen molar-refractivity contribution in [1.29, 1.82) is 0 Å². The zero-order valence-electron chi connectivity index (χ0n) is 4.10. The number of hydrazine groups is 1. The van der Waals surface area contributed by atoms with E-state index in [-0.39, 0.29) is 5.50 Å². The Kier molecular flexibility index (Phi) is 1.53. The molecule has 0 spiro atoms. The Morgan fingerprint density at radius 3 is 2.29 bits per heavy atom. The maximum Gasteiger partial charge on any atom is 0.116 e. The SMILES string of the molecule is CC1NNC(S)N1. The van der Waals surface area contributed by atoms with Crippen LogP contribution in [-0.4, -0.2) is 11.7 Å². The summed E-state index contributed by atoms with van der Waals surface area (Å²) in [6, 6.07) is 0. The summed E-state index contributed by atoms with van der Waals surface area (Å²) in [4.78, 5) is 0. The minimum atomic E-state index is 0.106. The normalized spacial score (nSPS) is 42.0. The van der Waals surface area contributed by atoms with Gasteiger partial charge in [-0.25, -0.2) is 10.9 Å². The van der Waals surface area contributed by atoms with Crippen molar-refractivity contribution in [2.24, 2.45) is 0 Å². The van der Waals surface area contributed by atoms with Crippen molar-refractivity contribution in [1.82, 2.24) is 16.2 Å². The maximum absolute atomic E-state index is 4.07. The Balaban J connectivity index is 2.26. The molecule has 1 rings (SSSR count). The highest BCUT2D eigenvalue weighted by molar-refractivity contribution is 7.80. The molecule has 3 nitrogen and oxygen atoms in total. The van der Waals surface area contributed by atoms with Crippen LogP contribution in [0.1, 0.15) is 6.92 Å². The zero-order chi connectivity index (χ0) is 5.28. The topological polar surface area (TPSA) is 36.1 Å². The first kappa shape index (κ1) is 5.37. The molecule has 0 aliphatic carbocycles. The molecular weight excluding hydrogens is 110 g/mol. The third-order valence-corrected chi connectivity index (χ3v) is 1.12. The predicted octanol–water partition coefficient (Wildman–Crippen LogP) is -0.757. The molecule has 0 radical (unpaired) electrons. The van der Waals surface area contributed by atoms with E-state index in [9.17, 15) is 0 Å². The summed E-state index contributed by atoms with van der Waals surface area (Å²) in [7, 11) is 0. The Labute approximate surface area is 48.2 Å². The van der Waals surface area contributed by atoms with Gasteiger partial charge in [0.1, 0.15) is 5.50 Å². The van der Waals surface area contributed by atoms with Crippen LogP contribution in [-0.2, 0) is 0 Å². The number of rotatable bonds is 0. The molecule has 4 heteroatoms. The first-order valence-electron chi connectivity index (χ1n) is 2.24. The Morgan fingerprint density at radius 2 is 2.14 bits per heavy atom. The number of nitrogens with one attached hydrogen (secondary N) is 3. The lowest BCUT2D eigenvalue weighted by atomic mass is 10.6. The smallest absolute Gasteiger partial charge is 0.116 e. The largest absolute Gasteiger partial charge is 0.276 e. The van der Waals surface area contributed by atoms with Crippen molar-refractivity contribution < 1.29 is 0 Å². The van der Waals surface area contributed by atoms with E-state index in [1.165, 1.54) is 0 Å². The molecule has 2 atom stereocenters. The lowest BCUT2D eigenvalue weighted by molar-refractivity contribution is 0.570. The Morgan fingerprint density at radius 1 is 1.43 bits per heavy atom.